The van der Waals surface area contributed by atoms with Crippen LogP contribution in [0.25, 0.3) is 0 Å². The molecule has 18 heavy (non-hydrogen) atoms. The lowest BCUT2D eigenvalue weighted by Crippen LogP contribution is -2.45. The van der Waals surface area contributed by atoms with Crippen LogP contribution in [0, 0.1) is 0 Å². The molecule has 0 aromatic heterocycles. The topological polar surface area (TPSA) is 65.0 Å². The molecule has 2 unspecified atom stereocenters. The summed E-state index contributed by atoms with van der Waals surface area (Å²) in [4.78, 5) is 15.9. The first kappa shape index (κ1) is 15.4. The standard InChI is InChI=1S/C12H25N3O3/c1-14(2)8-10-6-11(16)9-15(10)12(17)7-13-4-5-18-3/h10-11,13,16H,4-9H2,1-3H3. The molecule has 1 heterocycles. The number of likely N-dealkylation sites (tertiary alicyclic amines) is 1. The first-order valence-corrected chi connectivity index (χ1v) is 6.36. The van der Waals surface area contributed by atoms with Gasteiger partial charge in [-0.2, -0.15) is 0 Å². The number of ether oxygens (including phenoxy) is 1. The number of hydrogen-bond donors (Lipinski definition) is 2. The summed E-state index contributed by atoms with van der Waals surface area (Å²) in [5.74, 6) is 0.0505. The van der Waals surface area contributed by atoms with E-state index in [-0.39, 0.29) is 11.9 Å². The summed E-state index contributed by atoms with van der Waals surface area (Å²) in [6, 6.07) is 0.117. The number of methoxy groups -OCH3 is 1. The number of aliphatic hydroxyl groups excluding tert-OH is 1. The predicted molar refractivity (Wildman–Crippen MR) is 69.4 cm³/mol. The molecule has 0 saturated carbocycles. The number of aliphatic hydroxyl groups is 1. The number of rotatable bonds is 7. The Morgan fingerprint density at radius 3 is 2.89 bits per heavy atom. The Morgan fingerprint density at radius 1 is 1.56 bits per heavy atom. The van der Waals surface area contributed by atoms with E-state index in [4.69, 9.17) is 4.74 Å². The van der Waals surface area contributed by atoms with Crippen molar-refractivity contribution >= 4 is 5.91 Å². The van der Waals surface area contributed by atoms with Gasteiger partial charge < -0.3 is 25.0 Å². The first-order chi connectivity index (χ1) is 8.54. The third-order valence-electron chi connectivity index (χ3n) is 3.05. The monoisotopic (exact) mass is 259 g/mol. The zero-order chi connectivity index (χ0) is 13.5. The maximum Gasteiger partial charge on any atom is 0.236 e. The van der Waals surface area contributed by atoms with Gasteiger partial charge in [0.05, 0.1) is 19.3 Å². The van der Waals surface area contributed by atoms with Crippen molar-refractivity contribution in [2.24, 2.45) is 0 Å². The summed E-state index contributed by atoms with van der Waals surface area (Å²) in [6.45, 7) is 2.80. The van der Waals surface area contributed by atoms with Crippen molar-refractivity contribution in [1.29, 1.82) is 0 Å². The predicted octanol–water partition coefficient (Wildman–Crippen LogP) is -1.25. The minimum Gasteiger partial charge on any atom is -0.391 e. The maximum atomic E-state index is 12.0. The highest BCUT2D eigenvalue weighted by Crippen LogP contribution is 2.18. The van der Waals surface area contributed by atoms with Crippen LogP contribution in [0.2, 0.25) is 0 Å². The Hall–Kier alpha value is -0.690. The fourth-order valence-corrected chi connectivity index (χ4v) is 2.26. The second kappa shape index (κ2) is 7.68. The van der Waals surface area contributed by atoms with Crippen LogP contribution in [0.4, 0.5) is 0 Å². The van der Waals surface area contributed by atoms with E-state index in [9.17, 15) is 9.90 Å². The number of hydrogen-bond acceptors (Lipinski definition) is 5. The Bertz CT molecular complexity index is 261. The molecule has 106 valence electrons. The number of amides is 1. The highest BCUT2D eigenvalue weighted by molar-refractivity contribution is 5.79. The van der Waals surface area contributed by atoms with Crippen LogP contribution in [0.5, 0.6) is 0 Å². The van der Waals surface area contributed by atoms with Crippen LogP contribution in [0.15, 0.2) is 0 Å². The average Bonchev–Trinajstić information content (AvgIpc) is 2.64. The van der Waals surface area contributed by atoms with Gasteiger partial charge in [-0.15, -0.1) is 0 Å². The molecule has 2 N–H and O–H groups in total. The molecule has 2 atom stereocenters. The molecule has 1 aliphatic heterocycles. The Morgan fingerprint density at radius 2 is 2.28 bits per heavy atom. The molecule has 6 heteroatoms. The Labute approximate surface area is 109 Å². The SMILES string of the molecule is COCCNCC(=O)N1CC(O)CC1CN(C)C. The van der Waals surface area contributed by atoms with Crippen LogP contribution in [-0.4, -0.2) is 87.0 Å². The molecule has 1 fully saturated rings. The van der Waals surface area contributed by atoms with E-state index in [2.05, 4.69) is 5.32 Å². The molecule has 0 aromatic carbocycles. The fourth-order valence-electron chi connectivity index (χ4n) is 2.26. The van der Waals surface area contributed by atoms with Crippen LogP contribution in [0.1, 0.15) is 6.42 Å². The van der Waals surface area contributed by atoms with Crippen molar-refractivity contribution < 1.29 is 14.6 Å². The third kappa shape index (κ3) is 4.89. The van der Waals surface area contributed by atoms with Crippen molar-refractivity contribution in [1.82, 2.24) is 15.1 Å². The van der Waals surface area contributed by atoms with Gasteiger partial charge in [0.2, 0.25) is 5.91 Å². The number of β-amino-alcohol motifs (C(OH)–C–C–N with tert-alkyl or cyclic N) is 1. The van der Waals surface area contributed by atoms with Gasteiger partial charge in [0.1, 0.15) is 0 Å². The summed E-state index contributed by atoms with van der Waals surface area (Å²) in [5, 5.41) is 12.7. The summed E-state index contributed by atoms with van der Waals surface area (Å²) < 4.78 is 4.91. The van der Waals surface area contributed by atoms with Crippen molar-refractivity contribution in [3.05, 3.63) is 0 Å². The summed E-state index contributed by atoms with van der Waals surface area (Å²) in [5.41, 5.74) is 0. The minimum atomic E-state index is -0.391. The quantitative estimate of drug-likeness (QED) is 0.559. The second-order valence-electron chi connectivity index (χ2n) is 5.02. The van der Waals surface area contributed by atoms with Crippen molar-refractivity contribution in [3.8, 4) is 0 Å². The van der Waals surface area contributed by atoms with E-state index in [0.29, 0.717) is 32.7 Å². The summed E-state index contributed by atoms with van der Waals surface area (Å²) in [6.07, 6.45) is 0.278. The first-order valence-electron chi connectivity index (χ1n) is 6.36. The van der Waals surface area contributed by atoms with Crippen molar-refractivity contribution in [3.63, 3.8) is 0 Å². The molecule has 0 bridgehead atoms. The largest absolute Gasteiger partial charge is 0.391 e. The van der Waals surface area contributed by atoms with Gasteiger partial charge in [-0.25, -0.2) is 0 Å². The van der Waals surface area contributed by atoms with Gasteiger partial charge >= 0.3 is 0 Å². The van der Waals surface area contributed by atoms with Crippen LogP contribution < -0.4 is 5.32 Å². The lowest BCUT2D eigenvalue weighted by atomic mass is 10.2. The molecule has 1 rings (SSSR count). The molecule has 0 aliphatic carbocycles. The molecule has 1 aliphatic rings. The molecule has 6 nitrogen and oxygen atoms in total. The average molecular weight is 259 g/mol. The molecule has 1 amide bonds. The number of carbonyl (C=O) groups excluding carboxylic acids is 1. The Balaban J connectivity index is 2.38. The Kier molecular flexibility index (Phi) is 6.56. The second-order valence-corrected chi connectivity index (χ2v) is 5.02. The van der Waals surface area contributed by atoms with Gasteiger partial charge in [0.25, 0.3) is 0 Å². The van der Waals surface area contributed by atoms with Crippen LogP contribution >= 0.6 is 0 Å². The fraction of sp³-hybridized carbons (Fsp3) is 0.917. The molecule has 1 saturated heterocycles. The number of nitrogens with one attached hydrogen (secondary N) is 1. The highest BCUT2D eigenvalue weighted by Gasteiger charge is 2.33. The van der Waals surface area contributed by atoms with Gasteiger partial charge in [-0.05, 0) is 20.5 Å². The molecular formula is C12H25N3O3. The van der Waals surface area contributed by atoms with E-state index in [1.54, 1.807) is 12.0 Å². The zero-order valence-corrected chi connectivity index (χ0v) is 11.6. The van der Waals surface area contributed by atoms with Gasteiger partial charge in [0, 0.05) is 32.8 Å². The smallest absolute Gasteiger partial charge is 0.236 e. The van der Waals surface area contributed by atoms with Gasteiger partial charge in [-0.3, -0.25) is 4.79 Å². The molecule has 0 radical (unpaired) electrons. The third-order valence-corrected chi connectivity index (χ3v) is 3.05. The van der Waals surface area contributed by atoms with E-state index in [0.717, 1.165) is 6.54 Å². The number of likely N-dealkylation sites (N-methyl/N-ethyl adjacent to an activating group) is 1. The van der Waals surface area contributed by atoms with E-state index >= 15 is 0 Å². The molecule has 0 spiro atoms. The van der Waals surface area contributed by atoms with Crippen LogP contribution in [0.3, 0.4) is 0 Å². The summed E-state index contributed by atoms with van der Waals surface area (Å²) >= 11 is 0. The van der Waals surface area contributed by atoms with Gasteiger partial charge in [0.15, 0.2) is 0 Å². The molecular weight excluding hydrogens is 234 g/mol. The lowest BCUT2D eigenvalue weighted by molar-refractivity contribution is -0.131. The molecule has 0 aromatic rings. The van der Waals surface area contributed by atoms with E-state index < -0.39 is 6.10 Å². The maximum absolute atomic E-state index is 12.0. The van der Waals surface area contributed by atoms with Crippen LogP contribution in [-0.2, 0) is 9.53 Å². The van der Waals surface area contributed by atoms with E-state index in [1.165, 1.54) is 0 Å². The zero-order valence-electron chi connectivity index (χ0n) is 11.6. The van der Waals surface area contributed by atoms with Gasteiger partial charge in [-0.1, -0.05) is 0 Å². The summed E-state index contributed by atoms with van der Waals surface area (Å²) in [7, 11) is 5.59. The number of carbonyl (C=O) groups is 1. The lowest BCUT2D eigenvalue weighted by Gasteiger charge is -2.27. The highest BCUT2D eigenvalue weighted by atomic mass is 16.5. The van der Waals surface area contributed by atoms with E-state index in [1.807, 2.05) is 19.0 Å². The minimum absolute atomic E-state index is 0.0505. The van der Waals surface area contributed by atoms with Crippen molar-refractivity contribution in [2.75, 3.05) is 54.0 Å². The normalized spacial score (nSPS) is 23.9. The van der Waals surface area contributed by atoms with Crippen molar-refractivity contribution in [2.45, 2.75) is 18.6 Å². The number of nitrogens with zero attached hydrogens (tertiary/aromatic N) is 2.